The largest absolute Gasteiger partial charge is 0.489 e. The lowest BCUT2D eigenvalue weighted by Crippen LogP contribution is -2.00. The van der Waals surface area contributed by atoms with Crippen LogP contribution in [0.5, 0.6) is 5.75 Å². The quantitative estimate of drug-likeness (QED) is 0.927. The highest BCUT2D eigenvalue weighted by molar-refractivity contribution is 6.30. The van der Waals surface area contributed by atoms with Gasteiger partial charge in [-0.25, -0.2) is 9.18 Å². The van der Waals surface area contributed by atoms with Gasteiger partial charge < -0.3 is 9.84 Å². The predicted molar refractivity (Wildman–Crippen MR) is 69.1 cm³/mol. The van der Waals surface area contributed by atoms with Gasteiger partial charge >= 0.3 is 5.97 Å². The number of benzene rings is 2. The molecule has 0 heterocycles. The molecule has 19 heavy (non-hydrogen) atoms. The number of aromatic carboxylic acids is 1. The van der Waals surface area contributed by atoms with Crippen molar-refractivity contribution in [3.63, 3.8) is 0 Å². The Labute approximate surface area is 114 Å². The molecule has 98 valence electrons. The lowest BCUT2D eigenvalue weighted by molar-refractivity contribution is 0.0696. The van der Waals surface area contributed by atoms with Crippen LogP contribution in [0.4, 0.5) is 4.39 Å². The zero-order valence-corrected chi connectivity index (χ0v) is 10.5. The average molecular weight is 281 g/mol. The van der Waals surface area contributed by atoms with E-state index < -0.39 is 11.8 Å². The molecule has 2 aromatic carbocycles. The van der Waals surface area contributed by atoms with Gasteiger partial charge in [0.25, 0.3) is 0 Å². The summed E-state index contributed by atoms with van der Waals surface area (Å²) < 4.78 is 18.4. The molecule has 0 bridgehead atoms. The van der Waals surface area contributed by atoms with Gasteiger partial charge in [-0.3, -0.25) is 0 Å². The smallest absolute Gasteiger partial charge is 0.335 e. The van der Waals surface area contributed by atoms with Crippen molar-refractivity contribution >= 4 is 17.6 Å². The van der Waals surface area contributed by atoms with Gasteiger partial charge in [0.2, 0.25) is 0 Å². The van der Waals surface area contributed by atoms with E-state index in [0.29, 0.717) is 11.3 Å². The van der Waals surface area contributed by atoms with Crippen molar-refractivity contribution in [3.8, 4) is 5.75 Å². The summed E-state index contributed by atoms with van der Waals surface area (Å²) in [5.74, 6) is -1.08. The number of hydrogen-bond acceptors (Lipinski definition) is 2. The first kappa shape index (κ1) is 13.4. The number of carboxylic acid groups (broad SMARTS) is 1. The van der Waals surface area contributed by atoms with Gasteiger partial charge in [-0.2, -0.15) is 0 Å². The summed E-state index contributed by atoms with van der Waals surface area (Å²) in [5, 5.41) is 8.84. The van der Waals surface area contributed by atoms with E-state index in [-0.39, 0.29) is 17.2 Å². The number of rotatable bonds is 4. The second kappa shape index (κ2) is 5.71. The van der Waals surface area contributed by atoms with Crippen molar-refractivity contribution in [2.24, 2.45) is 0 Å². The SMILES string of the molecule is O=C(O)c1cccc(COc2ccc(F)c(Cl)c2)c1. The fraction of sp³-hybridized carbons (Fsp3) is 0.0714. The molecular formula is C14H10ClFO3. The molecule has 0 fully saturated rings. The Morgan fingerprint density at radius 1 is 1.26 bits per heavy atom. The van der Waals surface area contributed by atoms with Crippen molar-refractivity contribution in [2.75, 3.05) is 0 Å². The van der Waals surface area contributed by atoms with Crippen LogP contribution in [0.1, 0.15) is 15.9 Å². The van der Waals surface area contributed by atoms with Crippen LogP contribution in [0.3, 0.4) is 0 Å². The Morgan fingerprint density at radius 2 is 2.05 bits per heavy atom. The van der Waals surface area contributed by atoms with Crippen molar-refractivity contribution in [1.82, 2.24) is 0 Å². The monoisotopic (exact) mass is 280 g/mol. The van der Waals surface area contributed by atoms with Crippen molar-refractivity contribution in [1.29, 1.82) is 0 Å². The summed E-state index contributed by atoms with van der Waals surface area (Å²) in [5.41, 5.74) is 0.901. The first-order valence-corrected chi connectivity index (χ1v) is 5.84. The van der Waals surface area contributed by atoms with E-state index >= 15 is 0 Å². The summed E-state index contributed by atoms with van der Waals surface area (Å²) in [7, 11) is 0. The second-order valence-electron chi connectivity index (χ2n) is 3.87. The minimum absolute atomic E-state index is 0.0169. The van der Waals surface area contributed by atoms with Gasteiger partial charge in [0.05, 0.1) is 10.6 Å². The Morgan fingerprint density at radius 3 is 2.74 bits per heavy atom. The Bertz CT molecular complexity index is 613. The second-order valence-corrected chi connectivity index (χ2v) is 4.28. The van der Waals surface area contributed by atoms with Crippen LogP contribution in [0.25, 0.3) is 0 Å². The number of carbonyl (C=O) groups is 1. The molecule has 0 saturated heterocycles. The van der Waals surface area contributed by atoms with E-state index in [0.717, 1.165) is 0 Å². The fourth-order valence-electron chi connectivity index (χ4n) is 1.53. The normalized spacial score (nSPS) is 10.2. The molecule has 2 rings (SSSR count). The van der Waals surface area contributed by atoms with Crippen molar-refractivity contribution in [2.45, 2.75) is 6.61 Å². The van der Waals surface area contributed by atoms with Gasteiger partial charge in [0.15, 0.2) is 0 Å². The Kier molecular flexibility index (Phi) is 4.02. The van der Waals surface area contributed by atoms with Crippen LogP contribution in [0.15, 0.2) is 42.5 Å². The zero-order chi connectivity index (χ0) is 13.8. The maximum Gasteiger partial charge on any atom is 0.335 e. The van der Waals surface area contributed by atoms with Crippen LogP contribution in [-0.2, 0) is 6.61 Å². The molecule has 0 aliphatic carbocycles. The van der Waals surface area contributed by atoms with Gasteiger partial charge in [0, 0.05) is 6.07 Å². The molecule has 0 aliphatic heterocycles. The van der Waals surface area contributed by atoms with E-state index in [2.05, 4.69) is 0 Å². The lowest BCUT2D eigenvalue weighted by Gasteiger charge is -2.07. The van der Waals surface area contributed by atoms with E-state index in [1.54, 1.807) is 12.1 Å². The van der Waals surface area contributed by atoms with E-state index in [1.165, 1.54) is 30.3 Å². The van der Waals surface area contributed by atoms with Crippen molar-refractivity contribution < 1.29 is 19.0 Å². The molecule has 2 aromatic rings. The Hall–Kier alpha value is -2.07. The van der Waals surface area contributed by atoms with E-state index in [9.17, 15) is 9.18 Å². The van der Waals surface area contributed by atoms with Crippen LogP contribution in [0.2, 0.25) is 5.02 Å². The molecule has 0 aliphatic rings. The third-order valence-corrected chi connectivity index (χ3v) is 2.76. The van der Waals surface area contributed by atoms with Gasteiger partial charge in [0.1, 0.15) is 18.2 Å². The molecule has 1 N–H and O–H groups in total. The summed E-state index contributed by atoms with van der Waals surface area (Å²) in [6, 6.07) is 10.5. The summed E-state index contributed by atoms with van der Waals surface area (Å²) in [6.45, 7) is 0.184. The average Bonchev–Trinajstić information content (AvgIpc) is 2.40. The zero-order valence-electron chi connectivity index (χ0n) is 9.77. The standard InChI is InChI=1S/C14H10ClFO3/c15-12-7-11(4-5-13(12)16)19-8-9-2-1-3-10(6-9)14(17)18/h1-7H,8H2,(H,17,18). The lowest BCUT2D eigenvalue weighted by atomic mass is 10.1. The highest BCUT2D eigenvalue weighted by Gasteiger charge is 2.05. The van der Waals surface area contributed by atoms with E-state index in [1.807, 2.05) is 0 Å². The molecule has 0 spiro atoms. The predicted octanol–water partition coefficient (Wildman–Crippen LogP) is 3.76. The van der Waals surface area contributed by atoms with Gasteiger partial charge in [-0.1, -0.05) is 23.7 Å². The molecule has 0 amide bonds. The molecule has 0 radical (unpaired) electrons. The topological polar surface area (TPSA) is 46.5 Å². The Balaban J connectivity index is 2.07. The number of ether oxygens (including phenoxy) is 1. The van der Waals surface area contributed by atoms with Gasteiger partial charge in [-0.15, -0.1) is 0 Å². The van der Waals surface area contributed by atoms with Crippen LogP contribution in [0, 0.1) is 5.82 Å². The number of hydrogen-bond donors (Lipinski definition) is 1. The molecular weight excluding hydrogens is 271 g/mol. The molecule has 5 heteroatoms. The summed E-state index contributed by atoms with van der Waals surface area (Å²) >= 11 is 5.63. The van der Waals surface area contributed by atoms with Crippen molar-refractivity contribution in [3.05, 3.63) is 64.4 Å². The van der Waals surface area contributed by atoms with Gasteiger partial charge in [-0.05, 0) is 29.8 Å². The number of halogens is 2. The molecule has 0 unspecified atom stereocenters. The first-order valence-electron chi connectivity index (χ1n) is 5.46. The minimum Gasteiger partial charge on any atom is -0.489 e. The summed E-state index contributed by atoms with van der Waals surface area (Å²) in [6.07, 6.45) is 0. The maximum absolute atomic E-state index is 13.0. The molecule has 0 atom stereocenters. The molecule has 0 saturated carbocycles. The summed E-state index contributed by atoms with van der Waals surface area (Å²) in [4.78, 5) is 10.8. The van der Waals surface area contributed by atoms with Crippen LogP contribution >= 0.6 is 11.6 Å². The minimum atomic E-state index is -0.994. The third-order valence-electron chi connectivity index (χ3n) is 2.47. The molecule has 0 aromatic heterocycles. The highest BCUT2D eigenvalue weighted by atomic mass is 35.5. The third kappa shape index (κ3) is 3.45. The first-order chi connectivity index (χ1) is 9.06. The highest BCUT2D eigenvalue weighted by Crippen LogP contribution is 2.22. The maximum atomic E-state index is 13.0. The molecule has 3 nitrogen and oxygen atoms in total. The van der Waals surface area contributed by atoms with E-state index in [4.69, 9.17) is 21.4 Å². The number of carboxylic acids is 1. The van der Waals surface area contributed by atoms with Crippen LogP contribution in [-0.4, -0.2) is 11.1 Å². The van der Waals surface area contributed by atoms with Crippen LogP contribution < -0.4 is 4.74 Å². The fourth-order valence-corrected chi connectivity index (χ4v) is 1.70.